The SMILES string of the molecule is O=C(NCC1CNCC1O)c1cc2ccccc2[nH]c1=O. The van der Waals surface area contributed by atoms with Crippen LogP contribution >= 0.6 is 0 Å². The predicted molar refractivity (Wildman–Crippen MR) is 79.3 cm³/mol. The van der Waals surface area contributed by atoms with E-state index in [9.17, 15) is 14.7 Å². The quantitative estimate of drug-likeness (QED) is 0.631. The fourth-order valence-electron chi connectivity index (χ4n) is 2.56. The number of carbonyl (C=O) groups is 1. The number of aliphatic hydroxyl groups excluding tert-OH is 1. The molecule has 0 saturated carbocycles. The Morgan fingerprint density at radius 1 is 1.33 bits per heavy atom. The van der Waals surface area contributed by atoms with Crippen LogP contribution in [-0.4, -0.2) is 41.7 Å². The van der Waals surface area contributed by atoms with Crippen LogP contribution in [0.2, 0.25) is 0 Å². The number of carbonyl (C=O) groups excluding carboxylic acids is 1. The van der Waals surface area contributed by atoms with Crippen LogP contribution in [0.1, 0.15) is 10.4 Å². The molecule has 21 heavy (non-hydrogen) atoms. The summed E-state index contributed by atoms with van der Waals surface area (Å²) in [5.41, 5.74) is 0.389. The van der Waals surface area contributed by atoms with Gasteiger partial charge in [0.05, 0.1) is 6.10 Å². The van der Waals surface area contributed by atoms with Crippen LogP contribution in [-0.2, 0) is 0 Å². The number of H-pyrrole nitrogens is 1. The molecule has 0 radical (unpaired) electrons. The molecular formula is C15H17N3O3. The highest BCUT2D eigenvalue weighted by Crippen LogP contribution is 2.11. The van der Waals surface area contributed by atoms with E-state index >= 15 is 0 Å². The van der Waals surface area contributed by atoms with Gasteiger partial charge in [0.15, 0.2) is 0 Å². The van der Waals surface area contributed by atoms with E-state index in [2.05, 4.69) is 15.6 Å². The lowest BCUT2D eigenvalue weighted by Gasteiger charge is -2.14. The summed E-state index contributed by atoms with van der Waals surface area (Å²) in [6, 6.07) is 8.90. The predicted octanol–water partition coefficient (Wildman–Crippen LogP) is -0.162. The van der Waals surface area contributed by atoms with Gasteiger partial charge in [-0.1, -0.05) is 18.2 Å². The molecule has 6 nitrogen and oxygen atoms in total. The standard InChI is InChI=1S/C15H17N3O3/c19-13-8-16-6-10(13)7-17-14(20)11-5-9-3-1-2-4-12(9)18-15(11)21/h1-5,10,13,16,19H,6-8H2,(H,17,20)(H,18,21). The number of amides is 1. The molecule has 1 aromatic carbocycles. The average molecular weight is 287 g/mol. The normalized spacial score (nSPS) is 21.6. The molecule has 2 aromatic rings. The lowest BCUT2D eigenvalue weighted by Crippen LogP contribution is -2.36. The van der Waals surface area contributed by atoms with Crippen molar-refractivity contribution in [3.8, 4) is 0 Å². The maximum Gasteiger partial charge on any atom is 0.261 e. The van der Waals surface area contributed by atoms with Gasteiger partial charge in [-0.05, 0) is 17.5 Å². The number of hydrogen-bond acceptors (Lipinski definition) is 4. The summed E-state index contributed by atoms with van der Waals surface area (Å²) >= 11 is 0. The Balaban J connectivity index is 1.78. The first kappa shape index (κ1) is 13.8. The summed E-state index contributed by atoms with van der Waals surface area (Å²) in [6.45, 7) is 1.55. The smallest absolute Gasteiger partial charge is 0.261 e. The number of pyridine rings is 1. The molecular weight excluding hydrogens is 270 g/mol. The molecule has 0 spiro atoms. The molecule has 1 fully saturated rings. The number of β-amino-alcohol motifs (C(OH)–C–C–N with tert-alkyl or cyclic N) is 1. The summed E-state index contributed by atoms with van der Waals surface area (Å²) < 4.78 is 0. The molecule has 1 aliphatic rings. The number of fused-ring (bicyclic) bond motifs is 1. The highest BCUT2D eigenvalue weighted by molar-refractivity contribution is 5.97. The van der Waals surface area contributed by atoms with Crippen molar-refractivity contribution >= 4 is 16.8 Å². The highest BCUT2D eigenvalue weighted by Gasteiger charge is 2.25. The summed E-state index contributed by atoms with van der Waals surface area (Å²) in [4.78, 5) is 26.8. The summed E-state index contributed by atoms with van der Waals surface area (Å²) in [6.07, 6.45) is -0.458. The minimum Gasteiger partial charge on any atom is -0.391 e. The zero-order valence-corrected chi connectivity index (χ0v) is 11.4. The first-order chi connectivity index (χ1) is 10.1. The van der Waals surface area contributed by atoms with Crippen molar-refractivity contribution in [2.24, 2.45) is 5.92 Å². The Hall–Kier alpha value is -2.18. The molecule has 6 heteroatoms. The minimum atomic E-state index is -0.458. The fraction of sp³-hybridized carbons (Fsp3) is 0.333. The van der Waals surface area contributed by atoms with Gasteiger partial charge >= 0.3 is 0 Å². The van der Waals surface area contributed by atoms with Crippen LogP contribution in [0.4, 0.5) is 0 Å². The van der Waals surface area contributed by atoms with Gasteiger partial charge in [0.2, 0.25) is 0 Å². The van der Waals surface area contributed by atoms with Crippen LogP contribution < -0.4 is 16.2 Å². The van der Waals surface area contributed by atoms with Crippen LogP contribution in [0.5, 0.6) is 0 Å². The molecule has 1 amide bonds. The van der Waals surface area contributed by atoms with Crippen molar-refractivity contribution < 1.29 is 9.90 Å². The number of hydrogen-bond donors (Lipinski definition) is 4. The molecule has 0 aliphatic carbocycles. The number of benzene rings is 1. The monoisotopic (exact) mass is 287 g/mol. The molecule has 2 heterocycles. The molecule has 0 bridgehead atoms. The number of rotatable bonds is 3. The van der Waals surface area contributed by atoms with Crippen molar-refractivity contribution in [3.05, 3.63) is 46.2 Å². The Morgan fingerprint density at radius 2 is 2.14 bits per heavy atom. The van der Waals surface area contributed by atoms with Gasteiger partial charge in [0.25, 0.3) is 11.5 Å². The second-order valence-electron chi connectivity index (χ2n) is 5.30. The van der Waals surface area contributed by atoms with E-state index in [1.807, 2.05) is 18.2 Å². The Kier molecular flexibility index (Phi) is 3.72. The van der Waals surface area contributed by atoms with E-state index in [-0.39, 0.29) is 11.5 Å². The average Bonchev–Trinajstić information content (AvgIpc) is 2.89. The molecule has 1 aliphatic heterocycles. The van der Waals surface area contributed by atoms with Crippen molar-refractivity contribution in [3.63, 3.8) is 0 Å². The first-order valence-electron chi connectivity index (χ1n) is 6.94. The number of para-hydroxylation sites is 1. The lowest BCUT2D eigenvalue weighted by atomic mass is 10.1. The minimum absolute atomic E-state index is 0.0199. The maximum absolute atomic E-state index is 12.1. The first-order valence-corrected chi connectivity index (χ1v) is 6.94. The summed E-state index contributed by atoms with van der Waals surface area (Å²) in [7, 11) is 0. The third kappa shape index (κ3) is 2.81. The number of nitrogens with one attached hydrogen (secondary N) is 3. The van der Waals surface area contributed by atoms with E-state index in [4.69, 9.17) is 0 Å². The van der Waals surface area contributed by atoms with Gasteiger partial charge in [-0.2, -0.15) is 0 Å². The molecule has 110 valence electrons. The Bertz CT molecular complexity index is 725. The van der Waals surface area contributed by atoms with E-state index in [1.54, 1.807) is 12.1 Å². The third-order valence-corrected chi connectivity index (χ3v) is 3.83. The van der Waals surface area contributed by atoms with Gasteiger partial charge < -0.3 is 20.7 Å². The molecule has 1 saturated heterocycles. The molecule has 3 rings (SSSR count). The molecule has 1 aromatic heterocycles. The van der Waals surface area contributed by atoms with E-state index in [1.165, 1.54) is 0 Å². The number of aromatic nitrogens is 1. The number of aliphatic hydroxyl groups is 1. The van der Waals surface area contributed by atoms with Crippen molar-refractivity contribution in [2.75, 3.05) is 19.6 Å². The number of aromatic amines is 1. The molecule has 2 unspecified atom stereocenters. The van der Waals surface area contributed by atoms with Crippen LogP contribution in [0.3, 0.4) is 0 Å². The van der Waals surface area contributed by atoms with Crippen LogP contribution in [0.25, 0.3) is 10.9 Å². The maximum atomic E-state index is 12.1. The van der Waals surface area contributed by atoms with Gasteiger partial charge in [-0.3, -0.25) is 9.59 Å². The van der Waals surface area contributed by atoms with E-state index in [0.29, 0.717) is 25.2 Å². The van der Waals surface area contributed by atoms with Gasteiger partial charge in [0.1, 0.15) is 5.56 Å². The second kappa shape index (κ2) is 5.67. The van der Waals surface area contributed by atoms with E-state index in [0.717, 1.165) is 5.39 Å². The molecule has 4 N–H and O–H groups in total. The third-order valence-electron chi connectivity index (χ3n) is 3.83. The van der Waals surface area contributed by atoms with Gasteiger partial charge in [0, 0.05) is 31.1 Å². The van der Waals surface area contributed by atoms with Crippen molar-refractivity contribution in [2.45, 2.75) is 6.10 Å². The zero-order valence-electron chi connectivity index (χ0n) is 11.4. The van der Waals surface area contributed by atoms with Crippen molar-refractivity contribution in [1.29, 1.82) is 0 Å². The zero-order chi connectivity index (χ0) is 14.8. The summed E-state index contributed by atoms with van der Waals surface area (Å²) in [5, 5.41) is 16.3. The van der Waals surface area contributed by atoms with Gasteiger partial charge in [-0.15, -0.1) is 0 Å². The fourth-order valence-corrected chi connectivity index (χ4v) is 2.56. The topological polar surface area (TPSA) is 94.2 Å². The van der Waals surface area contributed by atoms with Gasteiger partial charge in [-0.25, -0.2) is 0 Å². The lowest BCUT2D eigenvalue weighted by molar-refractivity contribution is 0.0926. The Labute approximate surface area is 121 Å². The van der Waals surface area contributed by atoms with Crippen LogP contribution in [0.15, 0.2) is 35.1 Å². The molecule has 2 atom stereocenters. The van der Waals surface area contributed by atoms with Crippen molar-refractivity contribution in [1.82, 2.24) is 15.6 Å². The highest BCUT2D eigenvalue weighted by atomic mass is 16.3. The summed E-state index contributed by atoms with van der Waals surface area (Å²) in [5.74, 6) is -0.436. The second-order valence-corrected chi connectivity index (χ2v) is 5.30. The van der Waals surface area contributed by atoms with Crippen LogP contribution in [0, 0.1) is 5.92 Å². The largest absolute Gasteiger partial charge is 0.391 e. The Morgan fingerprint density at radius 3 is 2.90 bits per heavy atom. The van der Waals surface area contributed by atoms with E-state index < -0.39 is 17.6 Å².